The van der Waals surface area contributed by atoms with Gasteiger partial charge >= 0.3 is 0 Å². The molecule has 0 aliphatic heterocycles. The molecule has 0 bridgehead atoms. The number of nitrogens with one attached hydrogen (secondary N) is 1. The van der Waals surface area contributed by atoms with Crippen LogP contribution in [0.15, 0.2) is 48.5 Å². The summed E-state index contributed by atoms with van der Waals surface area (Å²) in [6.45, 7) is 1.88. The van der Waals surface area contributed by atoms with Crippen molar-refractivity contribution in [3.8, 4) is 28.5 Å². The first-order chi connectivity index (χ1) is 13.1. The lowest BCUT2D eigenvalue weighted by atomic mass is 10.1. The quantitative estimate of drug-likeness (QED) is 0.663. The van der Waals surface area contributed by atoms with Crippen molar-refractivity contribution in [1.82, 2.24) is 4.98 Å². The largest absolute Gasteiger partial charge is 0.497 e. The molecule has 3 rings (SSSR count). The molecule has 7 heteroatoms. The van der Waals surface area contributed by atoms with E-state index in [1.165, 1.54) is 11.3 Å². The fourth-order valence-electron chi connectivity index (χ4n) is 2.44. The predicted molar refractivity (Wildman–Crippen MR) is 106 cm³/mol. The van der Waals surface area contributed by atoms with E-state index in [4.69, 9.17) is 14.2 Å². The molecule has 0 aliphatic rings. The zero-order valence-electron chi connectivity index (χ0n) is 15.3. The van der Waals surface area contributed by atoms with Crippen molar-refractivity contribution in [3.05, 3.63) is 53.4 Å². The van der Waals surface area contributed by atoms with Gasteiger partial charge in [-0.3, -0.25) is 10.1 Å². The van der Waals surface area contributed by atoms with Crippen molar-refractivity contribution in [2.24, 2.45) is 0 Å². The van der Waals surface area contributed by atoms with Gasteiger partial charge in [0.1, 0.15) is 17.2 Å². The Labute approximate surface area is 161 Å². The van der Waals surface area contributed by atoms with Gasteiger partial charge in [0, 0.05) is 10.4 Å². The first-order valence-electron chi connectivity index (χ1n) is 8.27. The van der Waals surface area contributed by atoms with Crippen LogP contribution in [-0.2, 0) is 4.79 Å². The molecule has 27 heavy (non-hydrogen) atoms. The number of hydrogen-bond donors (Lipinski definition) is 1. The molecule has 0 radical (unpaired) electrons. The van der Waals surface area contributed by atoms with Crippen LogP contribution in [0.25, 0.3) is 11.3 Å². The van der Waals surface area contributed by atoms with Crippen LogP contribution in [0, 0.1) is 6.92 Å². The summed E-state index contributed by atoms with van der Waals surface area (Å²) in [5, 5.41) is 3.33. The molecule has 3 aromatic rings. The third-order valence-electron chi connectivity index (χ3n) is 3.84. The standard InChI is InChI=1S/C20H20N2O4S/c1-13-19(14-4-6-15(24-2)7-5-14)22-20(27-13)21-18(23)12-26-17-10-8-16(25-3)9-11-17/h4-11H,12H2,1-3H3,(H,21,22,23). The summed E-state index contributed by atoms with van der Waals surface area (Å²) in [5.41, 5.74) is 1.81. The number of carbonyl (C=O) groups is 1. The summed E-state index contributed by atoms with van der Waals surface area (Å²) < 4.78 is 15.7. The molecule has 0 atom stereocenters. The lowest BCUT2D eigenvalue weighted by Crippen LogP contribution is -2.20. The van der Waals surface area contributed by atoms with Crippen molar-refractivity contribution in [2.75, 3.05) is 26.1 Å². The normalized spacial score (nSPS) is 10.3. The van der Waals surface area contributed by atoms with Crippen LogP contribution in [0.3, 0.4) is 0 Å². The van der Waals surface area contributed by atoms with Crippen LogP contribution in [0.5, 0.6) is 17.2 Å². The van der Waals surface area contributed by atoms with Gasteiger partial charge in [-0.05, 0) is 55.5 Å². The average Bonchev–Trinajstić information content (AvgIpc) is 3.06. The highest BCUT2D eigenvalue weighted by Gasteiger charge is 2.12. The van der Waals surface area contributed by atoms with Crippen LogP contribution in [0.4, 0.5) is 5.13 Å². The molecule has 2 aromatic carbocycles. The first-order valence-corrected chi connectivity index (χ1v) is 9.09. The van der Waals surface area contributed by atoms with Gasteiger partial charge in [0.25, 0.3) is 5.91 Å². The molecule has 1 amide bonds. The van der Waals surface area contributed by atoms with Gasteiger partial charge in [-0.15, -0.1) is 11.3 Å². The molecular formula is C20H20N2O4S. The fourth-order valence-corrected chi connectivity index (χ4v) is 3.29. The zero-order chi connectivity index (χ0) is 19.2. The van der Waals surface area contributed by atoms with E-state index < -0.39 is 0 Å². The molecule has 0 fully saturated rings. The second kappa shape index (κ2) is 8.55. The van der Waals surface area contributed by atoms with E-state index in [-0.39, 0.29) is 12.5 Å². The monoisotopic (exact) mass is 384 g/mol. The molecule has 0 saturated heterocycles. The Hall–Kier alpha value is -3.06. The number of thiazole rings is 1. The number of anilines is 1. The molecule has 1 aromatic heterocycles. The number of ether oxygens (including phenoxy) is 3. The third kappa shape index (κ3) is 4.77. The minimum absolute atomic E-state index is 0.0944. The Bertz CT molecular complexity index is 905. The van der Waals surface area contributed by atoms with E-state index in [9.17, 15) is 4.79 Å². The molecule has 0 unspecified atom stereocenters. The van der Waals surface area contributed by atoms with Gasteiger partial charge in [0.15, 0.2) is 11.7 Å². The zero-order valence-corrected chi connectivity index (χ0v) is 16.1. The van der Waals surface area contributed by atoms with E-state index in [1.807, 2.05) is 31.2 Å². The summed E-state index contributed by atoms with van der Waals surface area (Å²) >= 11 is 1.43. The maximum Gasteiger partial charge on any atom is 0.264 e. The number of hydrogen-bond acceptors (Lipinski definition) is 6. The van der Waals surface area contributed by atoms with Gasteiger partial charge in [0.2, 0.25) is 0 Å². The number of aromatic nitrogens is 1. The smallest absolute Gasteiger partial charge is 0.264 e. The summed E-state index contributed by atoms with van der Waals surface area (Å²) in [5.74, 6) is 1.85. The lowest BCUT2D eigenvalue weighted by Gasteiger charge is -2.06. The Morgan fingerprint density at radius 1 is 0.963 bits per heavy atom. The number of methoxy groups -OCH3 is 2. The highest BCUT2D eigenvalue weighted by atomic mass is 32.1. The second-order valence-electron chi connectivity index (χ2n) is 5.66. The Morgan fingerprint density at radius 3 is 2.11 bits per heavy atom. The molecule has 140 valence electrons. The number of aryl methyl sites for hydroxylation is 1. The molecular weight excluding hydrogens is 364 g/mol. The van der Waals surface area contributed by atoms with E-state index in [0.717, 1.165) is 27.6 Å². The van der Waals surface area contributed by atoms with Crippen molar-refractivity contribution in [2.45, 2.75) is 6.92 Å². The van der Waals surface area contributed by atoms with Crippen molar-refractivity contribution < 1.29 is 19.0 Å². The highest BCUT2D eigenvalue weighted by Crippen LogP contribution is 2.31. The van der Waals surface area contributed by atoms with E-state index in [2.05, 4.69) is 10.3 Å². The van der Waals surface area contributed by atoms with Crippen LogP contribution < -0.4 is 19.5 Å². The summed E-state index contributed by atoms with van der Waals surface area (Å²) in [6.07, 6.45) is 0. The predicted octanol–water partition coefficient (Wildman–Crippen LogP) is 4.15. The Balaban J connectivity index is 1.60. The lowest BCUT2D eigenvalue weighted by molar-refractivity contribution is -0.118. The van der Waals surface area contributed by atoms with Crippen LogP contribution in [-0.4, -0.2) is 31.7 Å². The third-order valence-corrected chi connectivity index (χ3v) is 4.72. The molecule has 1 heterocycles. The van der Waals surface area contributed by atoms with Crippen molar-refractivity contribution >= 4 is 22.4 Å². The van der Waals surface area contributed by atoms with Gasteiger partial charge in [0.05, 0.1) is 19.9 Å². The number of rotatable bonds is 7. The number of amides is 1. The van der Waals surface area contributed by atoms with E-state index >= 15 is 0 Å². The summed E-state index contributed by atoms with van der Waals surface area (Å²) in [4.78, 5) is 17.7. The molecule has 0 spiro atoms. The SMILES string of the molecule is COc1ccc(OCC(=O)Nc2nc(-c3ccc(OC)cc3)c(C)s2)cc1. The van der Waals surface area contributed by atoms with Crippen molar-refractivity contribution in [1.29, 1.82) is 0 Å². The van der Waals surface area contributed by atoms with Gasteiger partial charge in [-0.25, -0.2) is 4.98 Å². The van der Waals surface area contributed by atoms with Gasteiger partial charge < -0.3 is 14.2 Å². The average molecular weight is 384 g/mol. The second-order valence-corrected chi connectivity index (χ2v) is 6.87. The van der Waals surface area contributed by atoms with Crippen LogP contribution in [0.2, 0.25) is 0 Å². The maximum absolute atomic E-state index is 12.1. The topological polar surface area (TPSA) is 69.7 Å². The molecule has 6 nitrogen and oxygen atoms in total. The minimum atomic E-state index is -0.263. The van der Waals surface area contributed by atoms with Crippen LogP contribution in [0.1, 0.15) is 4.88 Å². The summed E-state index contributed by atoms with van der Waals surface area (Å²) in [6, 6.07) is 14.7. The Kier molecular flexibility index (Phi) is 5.93. The fraction of sp³-hybridized carbons (Fsp3) is 0.200. The van der Waals surface area contributed by atoms with Gasteiger partial charge in [-0.1, -0.05) is 0 Å². The maximum atomic E-state index is 12.1. The van der Waals surface area contributed by atoms with Gasteiger partial charge in [-0.2, -0.15) is 0 Å². The number of benzene rings is 2. The van der Waals surface area contributed by atoms with E-state index in [0.29, 0.717) is 10.9 Å². The Morgan fingerprint density at radius 2 is 1.52 bits per heavy atom. The van der Waals surface area contributed by atoms with Crippen LogP contribution >= 0.6 is 11.3 Å². The highest BCUT2D eigenvalue weighted by molar-refractivity contribution is 7.16. The number of carbonyl (C=O) groups excluding carboxylic acids is 1. The first kappa shape index (κ1) is 18.7. The van der Waals surface area contributed by atoms with Crippen molar-refractivity contribution in [3.63, 3.8) is 0 Å². The molecule has 0 aliphatic carbocycles. The molecule has 1 N–H and O–H groups in total. The summed E-state index contributed by atoms with van der Waals surface area (Å²) in [7, 11) is 3.23. The number of nitrogens with zero attached hydrogens (tertiary/aromatic N) is 1. The minimum Gasteiger partial charge on any atom is -0.497 e. The van der Waals surface area contributed by atoms with E-state index in [1.54, 1.807) is 38.5 Å². The molecule has 0 saturated carbocycles.